The van der Waals surface area contributed by atoms with Gasteiger partial charge in [0.05, 0.1) is 11.7 Å². The summed E-state index contributed by atoms with van der Waals surface area (Å²) in [6.07, 6.45) is -4.77. The molecule has 1 aromatic carbocycles. The van der Waals surface area contributed by atoms with Crippen molar-refractivity contribution in [3.63, 3.8) is 0 Å². The Hall–Kier alpha value is -1.71. The SMILES string of the molecule is O=C(O)c1c(F)c(F)c(C(O)C(O)CCO)c(F)c1F. The molecule has 1 aromatic rings. The summed E-state index contributed by atoms with van der Waals surface area (Å²) in [4.78, 5) is 10.5. The highest BCUT2D eigenvalue weighted by atomic mass is 19.2. The molecule has 0 fully saturated rings. The van der Waals surface area contributed by atoms with Crippen molar-refractivity contribution in [2.75, 3.05) is 6.61 Å². The lowest BCUT2D eigenvalue weighted by molar-refractivity contribution is -0.000425. The number of rotatable bonds is 5. The topological polar surface area (TPSA) is 98.0 Å². The van der Waals surface area contributed by atoms with Crippen LogP contribution < -0.4 is 0 Å². The second-order valence-corrected chi connectivity index (χ2v) is 3.87. The third-order valence-corrected chi connectivity index (χ3v) is 2.60. The average molecular weight is 298 g/mol. The summed E-state index contributed by atoms with van der Waals surface area (Å²) in [6, 6.07) is 0. The molecule has 0 aliphatic rings. The smallest absolute Gasteiger partial charge is 0.341 e. The van der Waals surface area contributed by atoms with Gasteiger partial charge in [0.15, 0.2) is 23.3 Å². The lowest BCUT2D eigenvalue weighted by atomic mass is 9.98. The Labute approximate surface area is 109 Å². The molecule has 0 heterocycles. The number of halogens is 4. The van der Waals surface area contributed by atoms with Gasteiger partial charge >= 0.3 is 5.97 Å². The molecule has 0 spiro atoms. The fraction of sp³-hybridized carbons (Fsp3) is 0.364. The Kier molecular flexibility index (Phi) is 5.03. The summed E-state index contributed by atoms with van der Waals surface area (Å²) in [7, 11) is 0. The predicted octanol–water partition coefficient (Wildman–Crippen LogP) is 0.718. The molecule has 9 heteroatoms. The maximum Gasteiger partial charge on any atom is 0.341 e. The van der Waals surface area contributed by atoms with Crippen molar-refractivity contribution in [2.24, 2.45) is 0 Å². The standard InChI is InChI=1S/C11H10F4O5/c12-6-4(10(18)3(17)1-2-16)7(13)9(15)5(8(6)14)11(19)20/h3,10,16-18H,1-2H2,(H,19,20). The van der Waals surface area contributed by atoms with Crippen LogP contribution in [0.5, 0.6) is 0 Å². The number of carbonyl (C=O) groups is 1. The van der Waals surface area contributed by atoms with E-state index in [1.807, 2.05) is 0 Å². The summed E-state index contributed by atoms with van der Waals surface area (Å²) in [5, 5.41) is 35.7. The van der Waals surface area contributed by atoms with Crippen LogP contribution in [0.3, 0.4) is 0 Å². The monoisotopic (exact) mass is 298 g/mol. The molecule has 112 valence electrons. The molecule has 0 aliphatic heterocycles. The first-order valence-electron chi connectivity index (χ1n) is 5.30. The third kappa shape index (κ3) is 2.74. The van der Waals surface area contributed by atoms with Crippen LogP contribution in [0.4, 0.5) is 17.6 Å². The Bertz CT molecular complexity index is 505. The van der Waals surface area contributed by atoms with Crippen LogP contribution in [-0.4, -0.2) is 39.1 Å². The van der Waals surface area contributed by atoms with Gasteiger partial charge in [-0.15, -0.1) is 0 Å². The zero-order valence-corrected chi connectivity index (χ0v) is 9.78. The summed E-state index contributed by atoms with van der Waals surface area (Å²) >= 11 is 0. The summed E-state index contributed by atoms with van der Waals surface area (Å²) in [5.74, 6) is -10.9. The molecule has 2 atom stereocenters. The van der Waals surface area contributed by atoms with Gasteiger partial charge in [-0.1, -0.05) is 0 Å². The Morgan fingerprint density at radius 1 is 1.00 bits per heavy atom. The quantitative estimate of drug-likeness (QED) is 0.474. The van der Waals surface area contributed by atoms with Crippen molar-refractivity contribution in [1.82, 2.24) is 0 Å². The van der Waals surface area contributed by atoms with Crippen molar-refractivity contribution in [2.45, 2.75) is 18.6 Å². The van der Waals surface area contributed by atoms with Crippen LogP contribution in [0.2, 0.25) is 0 Å². The maximum atomic E-state index is 13.5. The van der Waals surface area contributed by atoms with Gasteiger partial charge in [0, 0.05) is 6.61 Å². The highest BCUT2D eigenvalue weighted by Gasteiger charge is 2.34. The second-order valence-electron chi connectivity index (χ2n) is 3.87. The summed E-state index contributed by atoms with van der Waals surface area (Å²) in [6.45, 7) is -0.653. The number of benzene rings is 1. The van der Waals surface area contributed by atoms with Crippen LogP contribution >= 0.6 is 0 Å². The van der Waals surface area contributed by atoms with E-state index < -0.39 is 65.6 Å². The molecule has 2 unspecified atom stereocenters. The van der Waals surface area contributed by atoms with Gasteiger partial charge in [-0.05, 0) is 6.42 Å². The van der Waals surface area contributed by atoms with Gasteiger partial charge in [-0.2, -0.15) is 0 Å². The third-order valence-electron chi connectivity index (χ3n) is 2.60. The maximum absolute atomic E-state index is 13.5. The van der Waals surface area contributed by atoms with E-state index in [-0.39, 0.29) is 0 Å². The number of carboxylic acid groups (broad SMARTS) is 1. The number of aliphatic hydroxyl groups excluding tert-OH is 3. The first kappa shape index (κ1) is 16.3. The van der Waals surface area contributed by atoms with Crippen LogP contribution in [0.25, 0.3) is 0 Å². The molecule has 0 amide bonds. The first-order chi connectivity index (χ1) is 9.23. The zero-order valence-electron chi connectivity index (χ0n) is 9.78. The molecule has 5 nitrogen and oxygen atoms in total. The van der Waals surface area contributed by atoms with Gasteiger partial charge in [-0.25, -0.2) is 22.4 Å². The van der Waals surface area contributed by atoms with E-state index >= 15 is 0 Å². The molecule has 0 aromatic heterocycles. The Morgan fingerprint density at radius 2 is 1.45 bits per heavy atom. The van der Waals surface area contributed by atoms with Gasteiger partial charge < -0.3 is 20.4 Å². The normalized spacial score (nSPS) is 14.2. The largest absolute Gasteiger partial charge is 0.477 e. The van der Waals surface area contributed by atoms with E-state index in [2.05, 4.69) is 0 Å². The minimum Gasteiger partial charge on any atom is -0.477 e. The molecule has 0 radical (unpaired) electrons. The minimum absolute atomic E-state index is 0.510. The first-order valence-corrected chi connectivity index (χ1v) is 5.30. The fourth-order valence-corrected chi connectivity index (χ4v) is 1.58. The molecular formula is C11H10F4O5. The number of aromatic carboxylic acids is 1. The van der Waals surface area contributed by atoms with Crippen LogP contribution in [0.1, 0.15) is 28.4 Å². The average Bonchev–Trinajstić information content (AvgIpc) is 2.36. The van der Waals surface area contributed by atoms with E-state index in [0.717, 1.165) is 0 Å². The Morgan fingerprint density at radius 3 is 1.80 bits per heavy atom. The van der Waals surface area contributed by atoms with Gasteiger partial charge in [0.1, 0.15) is 11.7 Å². The van der Waals surface area contributed by atoms with E-state index in [9.17, 15) is 32.6 Å². The minimum atomic E-state index is -2.37. The zero-order chi connectivity index (χ0) is 15.6. The fourth-order valence-electron chi connectivity index (χ4n) is 1.58. The van der Waals surface area contributed by atoms with E-state index in [1.54, 1.807) is 0 Å². The molecule has 1 rings (SSSR count). The summed E-state index contributed by atoms with van der Waals surface area (Å²) < 4.78 is 53.8. The highest BCUT2D eigenvalue weighted by molar-refractivity contribution is 5.88. The molecule has 0 aliphatic carbocycles. The van der Waals surface area contributed by atoms with Crippen LogP contribution in [0.15, 0.2) is 0 Å². The number of hydrogen-bond donors (Lipinski definition) is 4. The number of aliphatic hydroxyl groups is 3. The number of carboxylic acids is 1. The molecule has 0 saturated carbocycles. The van der Waals surface area contributed by atoms with Gasteiger partial charge in [-0.3, -0.25) is 0 Å². The molecular weight excluding hydrogens is 288 g/mol. The van der Waals surface area contributed by atoms with Crippen molar-refractivity contribution >= 4 is 5.97 Å². The highest BCUT2D eigenvalue weighted by Crippen LogP contribution is 2.30. The van der Waals surface area contributed by atoms with Crippen LogP contribution in [0, 0.1) is 23.3 Å². The molecule has 4 N–H and O–H groups in total. The van der Waals surface area contributed by atoms with E-state index in [4.69, 9.17) is 10.2 Å². The van der Waals surface area contributed by atoms with E-state index in [1.165, 1.54) is 0 Å². The lowest BCUT2D eigenvalue weighted by Gasteiger charge is -2.19. The predicted molar refractivity (Wildman–Crippen MR) is 55.9 cm³/mol. The van der Waals surface area contributed by atoms with Crippen molar-refractivity contribution in [3.8, 4) is 0 Å². The summed E-state index contributed by atoms with van der Waals surface area (Å²) in [5.41, 5.74) is -3.38. The van der Waals surface area contributed by atoms with Gasteiger partial charge in [0.25, 0.3) is 0 Å². The molecule has 0 bridgehead atoms. The molecule has 20 heavy (non-hydrogen) atoms. The van der Waals surface area contributed by atoms with E-state index in [0.29, 0.717) is 0 Å². The van der Waals surface area contributed by atoms with Gasteiger partial charge in [0.2, 0.25) is 0 Å². The van der Waals surface area contributed by atoms with Crippen molar-refractivity contribution in [3.05, 3.63) is 34.4 Å². The lowest BCUT2D eigenvalue weighted by Crippen LogP contribution is -2.24. The second kappa shape index (κ2) is 6.16. The number of hydrogen-bond acceptors (Lipinski definition) is 4. The van der Waals surface area contributed by atoms with Crippen LogP contribution in [-0.2, 0) is 0 Å². The Balaban J connectivity index is 3.47. The molecule has 0 saturated heterocycles. The van der Waals surface area contributed by atoms with Crippen molar-refractivity contribution < 1.29 is 42.8 Å². The van der Waals surface area contributed by atoms with Crippen molar-refractivity contribution in [1.29, 1.82) is 0 Å².